The van der Waals surface area contributed by atoms with Gasteiger partial charge in [0.1, 0.15) is 0 Å². The number of carbonyl (C=O) groups excluding carboxylic acids is 1. The van der Waals surface area contributed by atoms with E-state index >= 15 is 0 Å². The zero-order valence-corrected chi connectivity index (χ0v) is 11.4. The minimum absolute atomic E-state index is 0.376. The molecule has 0 radical (unpaired) electrons. The second-order valence-electron chi connectivity index (χ2n) is 5.68. The van der Waals surface area contributed by atoms with Crippen LogP contribution in [0.5, 0.6) is 0 Å². The molecule has 3 heteroatoms. The van der Waals surface area contributed by atoms with Gasteiger partial charge in [0, 0.05) is 38.6 Å². The average molecular weight is 258 g/mol. The van der Waals surface area contributed by atoms with E-state index < -0.39 is 0 Å². The Morgan fingerprint density at radius 3 is 2.42 bits per heavy atom. The quantitative estimate of drug-likeness (QED) is 0.830. The fourth-order valence-electron chi connectivity index (χ4n) is 3.29. The summed E-state index contributed by atoms with van der Waals surface area (Å²) in [4.78, 5) is 16.4. The number of piperidine rings is 1. The van der Waals surface area contributed by atoms with Gasteiger partial charge < -0.3 is 4.90 Å². The maximum Gasteiger partial charge on any atom is 0.222 e. The molecule has 0 unspecified atom stereocenters. The lowest BCUT2D eigenvalue weighted by atomic mass is 10.0. The molecule has 2 aliphatic heterocycles. The van der Waals surface area contributed by atoms with E-state index in [4.69, 9.17) is 0 Å². The SMILES string of the molecule is O=C1CCCN1C1CCN(Cc2ccccc2)CC1. The van der Waals surface area contributed by atoms with Crippen molar-refractivity contribution in [3.63, 3.8) is 0 Å². The molecule has 3 nitrogen and oxygen atoms in total. The van der Waals surface area contributed by atoms with Crippen molar-refractivity contribution in [2.45, 2.75) is 38.3 Å². The summed E-state index contributed by atoms with van der Waals surface area (Å²) >= 11 is 0. The fourth-order valence-corrected chi connectivity index (χ4v) is 3.29. The van der Waals surface area contributed by atoms with Gasteiger partial charge in [0.2, 0.25) is 5.91 Å². The topological polar surface area (TPSA) is 23.6 Å². The molecular weight excluding hydrogens is 236 g/mol. The highest BCUT2D eigenvalue weighted by Gasteiger charge is 2.30. The van der Waals surface area contributed by atoms with Crippen molar-refractivity contribution in [3.8, 4) is 0 Å². The average Bonchev–Trinajstić information content (AvgIpc) is 2.87. The number of hydrogen-bond donors (Lipinski definition) is 0. The van der Waals surface area contributed by atoms with Gasteiger partial charge in [0.25, 0.3) is 0 Å². The van der Waals surface area contributed by atoms with E-state index in [-0.39, 0.29) is 0 Å². The lowest BCUT2D eigenvalue weighted by Crippen LogP contribution is -2.45. The first kappa shape index (κ1) is 12.7. The van der Waals surface area contributed by atoms with E-state index in [2.05, 4.69) is 40.1 Å². The van der Waals surface area contributed by atoms with Crippen LogP contribution >= 0.6 is 0 Å². The number of likely N-dealkylation sites (tertiary alicyclic amines) is 2. The maximum absolute atomic E-state index is 11.8. The second kappa shape index (κ2) is 5.74. The van der Waals surface area contributed by atoms with Crippen LogP contribution in [0, 0.1) is 0 Å². The number of nitrogens with zero attached hydrogens (tertiary/aromatic N) is 2. The first-order valence-electron chi connectivity index (χ1n) is 7.39. The minimum Gasteiger partial charge on any atom is -0.340 e. The molecule has 0 saturated carbocycles. The minimum atomic E-state index is 0.376. The summed E-state index contributed by atoms with van der Waals surface area (Å²) in [5, 5.41) is 0. The highest BCUT2D eigenvalue weighted by molar-refractivity contribution is 5.78. The van der Waals surface area contributed by atoms with E-state index in [1.54, 1.807) is 0 Å². The van der Waals surface area contributed by atoms with E-state index in [1.807, 2.05) is 0 Å². The number of hydrogen-bond acceptors (Lipinski definition) is 2. The smallest absolute Gasteiger partial charge is 0.222 e. The van der Waals surface area contributed by atoms with Gasteiger partial charge in [-0.1, -0.05) is 30.3 Å². The summed E-state index contributed by atoms with van der Waals surface area (Å²) in [6.45, 7) is 4.26. The van der Waals surface area contributed by atoms with Crippen LogP contribution in [0.3, 0.4) is 0 Å². The zero-order valence-electron chi connectivity index (χ0n) is 11.4. The maximum atomic E-state index is 11.8. The summed E-state index contributed by atoms with van der Waals surface area (Å²) in [5.41, 5.74) is 1.39. The van der Waals surface area contributed by atoms with Crippen molar-refractivity contribution in [2.24, 2.45) is 0 Å². The molecule has 3 rings (SSSR count). The van der Waals surface area contributed by atoms with Crippen LogP contribution in [0.25, 0.3) is 0 Å². The molecule has 102 valence electrons. The normalized spacial score (nSPS) is 22.1. The van der Waals surface area contributed by atoms with E-state index in [0.29, 0.717) is 11.9 Å². The van der Waals surface area contributed by atoms with E-state index in [9.17, 15) is 4.79 Å². The Hall–Kier alpha value is -1.35. The molecule has 0 bridgehead atoms. The van der Waals surface area contributed by atoms with Gasteiger partial charge >= 0.3 is 0 Å². The van der Waals surface area contributed by atoms with Gasteiger partial charge in [0.15, 0.2) is 0 Å². The van der Waals surface area contributed by atoms with Crippen molar-refractivity contribution < 1.29 is 4.79 Å². The highest BCUT2D eigenvalue weighted by Crippen LogP contribution is 2.22. The summed E-state index contributed by atoms with van der Waals surface area (Å²) < 4.78 is 0. The molecule has 0 N–H and O–H groups in total. The summed E-state index contributed by atoms with van der Waals surface area (Å²) in [6, 6.07) is 11.2. The lowest BCUT2D eigenvalue weighted by molar-refractivity contribution is -0.130. The Morgan fingerprint density at radius 2 is 1.79 bits per heavy atom. The first-order chi connectivity index (χ1) is 9.33. The van der Waals surface area contributed by atoms with Crippen molar-refractivity contribution >= 4 is 5.91 Å². The molecule has 2 saturated heterocycles. The number of benzene rings is 1. The molecule has 0 spiro atoms. The molecular formula is C16H22N2O. The van der Waals surface area contributed by atoms with Crippen molar-refractivity contribution in [2.75, 3.05) is 19.6 Å². The Morgan fingerprint density at radius 1 is 1.05 bits per heavy atom. The van der Waals surface area contributed by atoms with Gasteiger partial charge in [-0.25, -0.2) is 0 Å². The fraction of sp³-hybridized carbons (Fsp3) is 0.562. The van der Waals surface area contributed by atoms with Gasteiger partial charge in [-0.15, -0.1) is 0 Å². The lowest BCUT2D eigenvalue weighted by Gasteiger charge is -2.36. The van der Waals surface area contributed by atoms with Gasteiger partial charge in [-0.2, -0.15) is 0 Å². The standard InChI is InChI=1S/C16H22N2O/c19-16-7-4-10-18(16)15-8-11-17(12-9-15)13-14-5-2-1-3-6-14/h1-3,5-6,15H,4,7-13H2. The van der Waals surface area contributed by atoms with Crippen LogP contribution < -0.4 is 0 Å². The second-order valence-corrected chi connectivity index (χ2v) is 5.68. The Balaban J connectivity index is 1.51. The summed E-state index contributed by atoms with van der Waals surface area (Å²) in [7, 11) is 0. The Labute approximate surface area is 115 Å². The summed E-state index contributed by atoms with van der Waals surface area (Å²) in [6.07, 6.45) is 4.10. The molecule has 1 aromatic carbocycles. The van der Waals surface area contributed by atoms with Crippen LogP contribution in [0.4, 0.5) is 0 Å². The number of rotatable bonds is 3. The highest BCUT2D eigenvalue weighted by atomic mass is 16.2. The molecule has 0 aromatic heterocycles. The molecule has 1 amide bonds. The molecule has 2 aliphatic rings. The Kier molecular flexibility index (Phi) is 3.83. The third-order valence-corrected chi connectivity index (χ3v) is 4.36. The third-order valence-electron chi connectivity index (χ3n) is 4.36. The monoisotopic (exact) mass is 258 g/mol. The molecule has 0 atom stereocenters. The number of carbonyl (C=O) groups is 1. The summed E-state index contributed by atoms with van der Waals surface area (Å²) in [5.74, 6) is 0.376. The van der Waals surface area contributed by atoms with Gasteiger partial charge in [-0.3, -0.25) is 9.69 Å². The number of amides is 1. The van der Waals surface area contributed by atoms with E-state index in [1.165, 1.54) is 5.56 Å². The van der Waals surface area contributed by atoms with E-state index in [0.717, 1.165) is 51.9 Å². The van der Waals surface area contributed by atoms with Crippen LogP contribution in [-0.4, -0.2) is 41.4 Å². The molecule has 2 heterocycles. The van der Waals surface area contributed by atoms with Gasteiger partial charge in [-0.05, 0) is 24.8 Å². The zero-order chi connectivity index (χ0) is 13.1. The van der Waals surface area contributed by atoms with Crippen LogP contribution in [-0.2, 0) is 11.3 Å². The van der Waals surface area contributed by atoms with Crippen molar-refractivity contribution in [1.29, 1.82) is 0 Å². The first-order valence-corrected chi connectivity index (χ1v) is 7.39. The van der Waals surface area contributed by atoms with Crippen LogP contribution in [0.2, 0.25) is 0 Å². The largest absolute Gasteiger partial charge is 0.340 e. The third kappa shape index (κ3) is 2.98. The molecule has 0 aliphatic carbocycles. The van der Waals surface area contributed by atoms with Crippen LogP contribution in [0.1, 0.15) is 31.2 Å². The Bertz CT molecular complexity index is 424. The molecule has 1 aromatic rings. The van der Waals surface area contributed by atoms with Crippen molar-refractivity contribution in [1.82, 2.24) is 9.80 Å². The van der Waals surface area contributed by atoms with Crippen molar-refractivity contribution in [3.05, 3.63) is 35.9 Å². The van der Waals surface area contributed by atoms with Gasteiger partial charge in [0.05, 0.1) is 0 Å². The predicted octanol–water partition coefficient (Wildman–Crippen LogP) is 2.27. The predicted molar refractivity (Wildman–Crippen MR) is 75.7 cm³/mol. The molecule has 19 heavy (non-hydrogen) atoms. The van der Waals surface area contributed by atoms with Crippen LogP contribution in [0.15, 0.2) is 30.3 Å². The molecule has 2 fully saturated rings.